The zero-order valence-corrected chi connectivity index (χ0v) is 12.3. The fourth-order valence-electron chi connectivity index (χ4n) is 2.24. The van der Waals surface area contributed by atoms with Gasteiger partial charge in [0.2, 0.25) is 0 Å². The Labute approximate surface area is 102 Å². The van der Waals surface area contributed by atoms with E-state index in [4.69, 9.17) is 0 Å². The summed E-state index contributed by atoms with van der Waals surface area (Å²) >= 11 is 0. The molecule has 0 aromatic carbocycles. The minimum atomic E-state index is 0.429. The molecule has 2 heteroatoms. The van der Waals surface area contributed by atoms with Crippen LogP contribution in [-0.2, 0) is 0 Å². The molecule has 0 radical (unpaired) electrons. The lowest BCUT2D eigenvalue weighted by atomic mass is 9.85. The van der Waals surface area contributed by atoms with Gasteiger partial charge in [-0.1, -0.05) is 27.7 Å². The van der Waals surface area contributed by atoms with Crippen molar-refractivity contribution in [2.45, 2.75) is 66.8 Å². The van der Waals surface area contributed by atoms with Crippen molar-refractivity contribution < 1.29 is 0 Å². The Morgan fingerprint density at radius 1 is 1.25 bits per heavy atom. The maximum Gasteiger partial charge on any atom is 0.0993 e. The van der Waals surface area contributed by atoms with Gasteiger partial charge in [0.05, 0.1) is 5.84 Å². The van der Waals surface area contributed by atoms with Gasteiger partial charge >= 0.3 is 0 Å². The Morgan fingerprint density at radius 3 is 2.25 bits per heavy atom. The largest absolute Gasteiger partial charge is 0.358 e. The third-order valence-electron chi connectivity index (χ3n) is 3.10. The Kier molecular flexibility index (Phi) is 6.70. The maximum absolute atomic E-state index is 4.45. The Balaban J connectivity index is 0.00000106. The summed E-state index contributed by atoms with van der Waals surface area (Å²) in [7, 11) is 1.92. The summed E-state index contributed by atoms with van der Waals surface area (Å²) in [6.45, 7) is 14.4. The van der Waals surface area contributed by atoms with Gasteiger partial charge in [0.15, 0.2) is 0 Å². The van der Waals surface area contributed by atoms with Gasteiger partial charge in [0.25, 0.3) is 0 Å². The van der Waals surface area contributed by atoms with Gasteiger partial charge in [0, 0.05) is 26.1 Å². The fraction of sp³-hybridized carbons (Fsp3) is 0.929. The van der Waals surface area contributed by atoms with Gasteiger partial charge in [-0.3, -0.25) is 4.99 Å². The highest BCUT2D eigenvalue weighted by molar-refractivity contribution is 5.83. The monoisotopic (exact) mass is 226 g/mol. The minimum Gasteiger partial charge on any atom is -0.358 e. The maximum atomic E-state index is 4.45. The fourth-order valence-corrected chi connectivity index (χ4v) is 2.24. The van der Waals surface area contributed by atoms with Crippen molar-refractivity contribution in [1.82, 2.24) is 4.90 Å². The van der Waals surface area contributed by atoms with Gasteiger partial charge in [-0.25, -0.2) is 0 Å². The van der Waals surface area contributed by atoms with E-state index in [0.29, 0.717) is 11.5 Å². The lowest BCUT2D eigenvalue weighted by molar-refractivity contribution is 0.336. The first-order chi connectivity index (χ1) is 7.46. The molecule has 1 aliphatic rings. The number of rotatable bonds is 1. The molecule has 0 saturated carbocycles. The SMILES string of the molecule is CC.CN=C1CC(C)(C)CCCN1C(C)C. The molecule has 0 spiro atoms. The Morgan fingerprint density at radius 2 is 1.81 bits per heavy atom. The smallest absolute Gasteiger partial charge is 0.0993 e. The Hall–Kier alpha value is -0.530. The van der Waals surface area contributed by atoms with E-state index in [1.807, 2.05) is 20.9 Å². The van der Waals surface area contributed by atoms with Crippen LogP contribution in [0.4, 0.5) is 0 Å². The number of amidine groups is 1. The van der Waals surface area contributed by atoms with E-state index in [0.717, 1.165) is 6.42 Å². The van der Waals surface area contributed by atoms with E-state index in [1.165, 1.54) is 25.2 Å². The minimum absolute atomic E-state index is 0.429. The molecule has 0 aliphatic carbocycles. The number of aliphatic imine (C=N–C) groups is 1. The van der Waals surface area contributed by atoms with Crippen LogP contribution in [0.3, 0.4) is 0 Å². The lowest BCUT2D eigenvalue weighted by Crippen LogP contribution is -2.37. The third-order valence-corrected chi connectivity index (χ3v) is 3.10. The van der Waals surface area contributed by atoms with Crippen molar-refractivity contribution in [2.75, 3.05) is 13.6 Å². The molecule has 0 atom stereocenters. The van der Waals surface area contributed by atoms with E-state index >= 15 is 0 Å². The van der Waals surface area contributed by atoms with Gasteiger partial charge in [0.1, 0.15) is 0 Å². The molecule has 0 N–H and O–H groups in total. The summed E-state index contributed by atoms with van der Waals surface area (Å²) in [6, 6.07) is 0.586. The molecule has 16 heavy (non-hydrogen) atoms. The molecule has 1 heterocycles. The van der Waals surface area contributed by atoms with Gasteiger partial charge in [-0.15, -0.1) is 0 Å². The quantitative estimate of drug-likeness (QED) is 0.661. The van der Waals surface area contributed by atoms with Crippen molar-refractivity contribution in [3.05, 3.63) is 0 Å². The van der Waals surface area contributed by atoms with E-state index < -0.39 is 0 Å². The summed E-state index contributed by atoms with van der Waals surface area (Å²) in [4.78, 5) is 6.90. The summed E-state index contributed by atoms with van der Waals surface area (Å²) < 4.78 is 0. The average Bonchev–Trinajstić information content (AvgIpc) is 2.39. The summed E-state index contributed by atoms with van der Waals surface area (Å²) in [6.07, 6.45) is 3.74. The molecule has 0 aromatic rings. The second kappa shape index (κ2) is 6.93. The second-order valence-corrected chi connectivity index (χ2v) is 5.37. The van der Waals surface area contributed by atoms with E-state index in [9.17, 15) is 0 Å². The van der Waals surface area contributed by atoms with Gasteiger partial charge in [-0.2, -0.15) is 0 Å². The van der Waals surface area contributed by atoms with Gasteiger partial charge in [-0.05, 0) is 32.1 Å². The lowest BCUT2D eigenvalue weighted by Gasteiger charge is -2.29. The number of nitrogens with zero attached hydrogens (tertiary/aromatic N) is 2. The van der Waals surface area contributed by atoms with Crippen LogP contribution in [0, 0.1) is 5.41 Å². The number of hydrogen-bond donors (Lipinski definition) is 0. The van der Waals surface area contributed by atoms with Crippen LogP contribution in [0.15, 0.2) is 4.99 Å². The normalized spacial score (nSPS) is 22.8. The molecule has 1 saturated heterocycles. The van der Waals surface area contributed by atoms with E-state index in [1.54, 1.807) is 0 Å². The molecule has 1 aliphatic heterocycles. The average molecular weight is 226 g/mol. The van der Waals surface area contributed by atoms with Crippen LogP contribution < -0.4 is 0 Å². The van der Waals surface area contributed by atoms with Crippen LogP contribution in [0.5, 0.6) is 0 Å². The first-order valence-corrected chi connectivity index (χ1v) is 6.68. The number of hydrogen-bond acceptors (Lipinski definition) is 1. The highest BCUT2D eigenvalue weighted by Crippen LogP contribution is 2.31. The molecule has 0 bridgehead atoms. The van der Waals surface area contributed by atoms with Crippen LogP contribution in [0.1, 0.15) is 60.8 Å². The van der Waals surface area contributed by atoms with Crippen LogP contribution >= 0.6 is 0 Å². The summed E-state index contributed by atoms with van der Waals surface area (Å²) in [5.74, 6) is 1.29. The highest BCUT2D eigenvalue weighted by Gasteiger charge is 2.27. The predicted molar refractivity (Wildman–Crippen MR) is 74.2 cm³/mol. The zero-order chi connectivity index (χ0) is 12.8. The predicted octanol–water partition coefficient (Wildman–Crippen LogP) is 3.96. The second-order valence-electron chi connectivity index (χ2n) is 5.37. The molecular formula is C14H30N2. The standard InChI is InChI=1S/C12H24N2.C2H6/c1-10(2)14-8-6-7-12(3,4)9-11(14)13-5;1-2/h10H,6-9H2,1-5H3;1-2H3. The summed E-state index contributed by atoms with van der Waals surface area (Å²) in [5, 5.41) is 0. The van der Waals surface area contributed by atoms with Crippen LogP contribution in [-0.4, -0.2) is 30.4 Å². The van der Waals surface area contributed by atoms with E-state index in [-0.39, 0.29) is 0 Å². The molecule has 0 amide bonds. The first-order valence-electron chi connectivity index (χ1n) is 6.68. The highest BCUT2D eigenvalue weighted by atomic mass is 15.2. The first kappa shape index (κ1) is 15.5. The zero-order valence-electron chi connectivity index (χ0n) is 12.3. The molecule has 96 valence electrons. The van der Waals surface area contributed by atoms with Crippen molar-refractivity contribution in [1.29, 1.82) is 0 Å². The van der Waals surface area contributed by atoms with Crippen molar-refractivity contribution in [3.8, 4) is 0 Å². The summed E-state index contributed by atoms with van der Waals surface area (Å²) in [5.41, 5.74) is 0.429. The molecule has 1 rings (SSSR count). The molecule has 0 aromatic heterocycles. The van der Waals surface area contributed by atoms with E-state index in [2.05, 4.69) is 37.6 Å². The van der Waals surface area contributed by atoms with Crippen molar-refractivity contribution >= 4 is 5.84 Å². The van der Waals surface area contributed by atoms with Gasteiger partial charge < -0.3 is 4.90 Å². The molecule has 1 fully saturated rings. The molecule has 0 unspecified atom stereocenters. The van der Waals surface area contributed by atoms with Crippen LogP contribution in [0.2, 0.25) is 0 Å². The Bertz CT molecular complexity index is 217. The number of likely N-dealkylation sites (tertiary alicyclic amines) is 1. The molecule has 2 nitrogen and oxygen atoms in total. The third kappa shape index (κ3) is 4.54. The van der Waals surface area contributed by atoms with Crippen molar-refractivity contribution in [2.24, 2.45) is 10.4 Å². The van der Waals surface area contributed by atoms with Crippen molar-refractivity contribution in [3.63, 3.8) is 0 Å². The molecular weight excluding hydrogens is 196 g/mol. The topological polar surface area (TPSA) is 15.6 Å². The van der Waals surface area contributed by atoms with Crippen LogP contribution in [0.25, 0.3) is 0 Å².